The van der Waals surface area contributed by atoms with E-state index in [1.165, 1.54) is 55.4 Å². The Morgan fingerprint density at radius 1 is 0.196 bits per heavy atom. The van der Waals surface area contributed by atoms with E-state index in [0.29, 0.717) is 62.5 Å². The number of aromatic nitrogens is 12. The molecule has 54 nitrogen and oxygen atoms in total. The highest BCUT2D eigenvalue weighted by Gasteiger charge is 2.37. The van der Waals surface area contributed by atoms with E-state index in [4.69, 9.17) is 85.3 Å². The Kier molecular flexibility index (Phi) is 44.5. The van der Waals surface area contributed by atoms with E-state index < -0.39 is 248 Å². The normalized spacial score (nSPS) is 17.7. The van der Waals surface area contributed by atoms with Gasteiger partial charge in [0.25, 0.3) is 0 Å². The molecule has 0 aliphatic carbocycles. The van der Waals surface area contributed by atoms with Crippen LogP contribution in [0.15, 0.2) is 57.5 Å². The van der Waals surface area contributed by atoms with Crippen molar-refractivity contribution in [3.63, 3.8) is 0 Å². The molecular weight excluding hydrogens is 1850 g/mol. The lowest BCUT2D eigenvalue weighted by Crippen LogP contribution is -2.58. The summed E-state index contributed by atoms with van der Waals surface area (Å²) < 4.78 is 102. The fourth-order valence-corrected chi connectivity index (χ4v) is 12.2. The van der Waals surface area contributed by atoms with Crippen molar-refractivity contribution >= 4 is 71.6 Å². The van der Waals surface area contributed by atoms with Crippen LogP contribution in [0.2, 0.25) is 0 Å². The van der Waals surface area contributed by atoms with Gasteiger partial charge in [-0.05, 0) is 0 Å². The van der Waals surface area contributed by atoms with Gasteiger partial charge in [-0.15, -0.1) is 0 Å². The van der Waals surface area contributed by atoms with E-state index in [1.807, 2.05) is 0 Å². The molecule has 54 heteroatoms. The summed E-state index contributed by atoms with van der Waals surface area (Å²) in [6.07, 6.45) is -9.02. The van der Waals surface area contributed by atoms with Crippen molar-refractivity contribution in [3.05, 3.63) is 126 Å². The highest BCUT2D eigenvalue weighted by Crippen LogP contribution is 2.17. The van der Waals surface area contributed by atoms with Crippen molar-refractivity contribution in [1.29, 1.82) is 0 Å². The van der Waals surface area contributed by atoms with E-state index in [1.54, 1.807) is 27.7 Å². The lowest BCUT2D eigenvalue weighted by molar-refractivity contribution is -0.160. The summed E-state index contributed by atoms with van der Waals surface area (Å²) in [7, 11) is 0. The molecule has 4 aromatic heterocycles. The molecule has 0 amide bonds. The third-order valence-electron chi connectivity index (χ3n) is 20.4. The first-order valence-corrected chi connectivity index (χ1v) is 45.3. The first-order chi connectivity index (χ1) is 65.7. The zero-order chi connectivity index (χ0) is 102. The molecule has 0 aromatic carbocycles. The van der Waals surface area contributed by atoms with Gasteiger partial charge in [-0.3, -0.25) is 57.5 Å². The van der Waals surface area contributed by atoms with Crippen LogP contribution < -0.4 is 68.3 Å². The van der Waals surface area contributed by atoms with Crippen LogP contribution in [-0.2, 0) is 221 Å². The number of esters is 12. The van der Waals surface area contributed by atoms with Crippen molar-refractivity contribution in [2.45, 2.75) is 312 Å². The highest BCUT2D eigenvalue weighted by atomic mass is 16.6. The van der Waals surface area contributed by atoms with Crippen LogP contribution in [0.5, 0.6) is 0 Å². The third kappa shape index (κ3) is 35.6. The predicted octanol–water partition coefficient (Wildman–Crippen LogP) is -5.27. The quantitative estimate of drug-likeness (QED) is 0.0226. The zero-order valence-electron chi connectivity index (χ0n) is 78.9. The van der Waals surface area contributed by atoms with Crippen LogP contribution in [-0.4, -0.2) is 279 Å². The number of epoxide rings is 6. The van der Waals surface area contributed by atoms with Crippen molar-refractivity contribution < 1.29 is 143 Å². The van der Waals surface area contributed by atoms with E-state index in [9.17, 15) is 115 Å². The average Bonchev–Trinajstić information content (AvgIpc) is 1.44. The fraction of sp³-hybridized carbons (Fsp3) is 0.714. The topological polar surface area (TPSA) is 655 Å². The Morgan fingerprint density at radius 2 is 0.297 bits per heavy atom. The van der Waals surface area contributed by atoms with Gasteiger partial charge in [0, 0.05) is 77.0 Å². The molecule has 4 aromatic rings. The zero-order valence-corrected chi connectivity index (χ0v) is 78.9. The average molecular weight is 1970 g/mol. The summed E-state index contributed by atoms with van der Waals surface area (Å²) >= 11 is 0. The van der Waals surface area contributed by atoms with Crippen molar-refractivity contribution in [2.24, 2.45) is 0 Å². The van der Waals surface area contributed by atoms with Crippen LogP contribution in [0.4, 0.5) is 0 Å². The van der Waals surface area contributed by atoms with Gasteiger partial charge in [-0.1, -0.05) is 83.1 Å². The smallest absolute Gasteiger partial charge is 0.336 e. The number of carbonyl (C=O) groups is 12. The maximum absolute atomic E-state index is 13.8. The minimum absolute atomic E-state index is 0.00764. The van der Waals surface area contributed by atoms with Crippen LogP contribution in [0.3, 0.4) is 0 Å². The highest BCUT2D eigenvalue weighted by molar-refractivity contribution is 5.73. The molecule has 0 N–H and O–H groups in total. The molecule has 10 heterocycles. The molecule has 768 valence electrons. The molecule has 6 saturated heterocycles. The Morgan fingerprint density at radius 3 is 0.399 bits per heavy atom. The second-order valence-corrected chi connectivity index (χ2v) is 31.5. The SMILES string of the molecule is CCC(=O)OCC(Cn1c(=O)n(CC(COC(=O)CC)OC(=O)CC)c(=O)n(CC(COC(=O)CC)OC(=O)CC)c1=O)OC(=O)CC.CCC(=O)OCC(Cn1c(=O)n(CC2CO2)c(=O)n(CC(COC(=O)CC)OC(=O)CC)c1=O)OC(=O)CC.CCC(=O)OCC(Cn1c(=O)n(CC2CO2)c(=O)n(CC2CO2)c1=O)OC(=O)CC.O=c1n(CC2CO2)c(=O)n(CC2CO2)c(=O)n1CC1CO1. The Balaban J connectivity index is 0.000000259. The van der Waals surface area contributed by atoms with Crippen molar-refractivity contribution in [1.82, 2.24) is 54.8 Å². The molecule has 0 bridgehead atoms. The van der Waals surface area contributed by atoms with Gasteiger partial charge in [0.2, 0.25) is 0 Å². The molecule has 138 heavy (non-hydrogen) atoms. The molecule has 0 radical (unpaired) electrons. The molecule has 10 rings (SSSR count). The van der Waals surface area contributed by atoms with Gasteiger partial charge >= 0.3 is 140 Å². The van der Waals surface area contributed by atoms with E-state index >= 15 is 0 Å². The molecule has 12 unspecified atom stereocenters. The maximum atomic E-state index is 13.8. The molecular formula is C84H120N12O42. The Hall–Kier alpha value is -13.0. The van der Waals surface area contributed by atoms with Gasteiger partial charge in [0.15, 0.2) is 36.6 Å². The second kappa shape index (κ2) is 54.8. The van der Waals surface area contributed by atoms with Gasteiger partial charge in [0.05, 0.1) is 155 Å². The fourth-order valence-electron chi connectivity index (χ4n) is 12.2. The molecule has 0 spiro atoms. The van der Waals surface area contributed by atoms with Crippen molar-refractivity contribution in [3.8, 4) is 0 Å². The van der Waals surface area contributed by atoms with Crippen LogP contribution in [0, 0.1) is 0 Å². The third-order valence-corrected chi connectivity index (χ3v) is 20.4. The van der Waals surface area contributed by atoms with Crippen LogP contribution in [0.1, 0.15) is 160 Å². The van der Waals surface area contributed by atoms with Crippen LogP contribution in [0.25, 0.3) is 0 Å². The molecule has 0 saturated carbocycles. The summed E-state index contributed by atoms with van der Waals surface area (Å²) in [5, 5.41) is 0. The van der Waals surface area contributed by atoms with E-state index in [2.05, 4.69) is 0 Å². The summed E-state index contributed by atoms with van der Waals surface area (Å²) in [5.41, 5.74) is -11.0. The lowest BCUT2D eigenvalue weighted by Gasteiger charge is -2.23. The first kappa shape index (κ1) is 112. The summed E-state index contributed by atoms with van der Waals surface area (Å²) in [6.45, 7) is 15.2. The van der Waals surface area contributed by atoms with Crippen molar-refractivity contribution in [2.75, 3.05) is 79.3 Å². The molecule has 12 atom stereocenters. The summed E-state index contributed by atoms with van der Waals surface area (Å²) in [5.74, 6) is -7.81. The Bertz CT molecular complexity index is 5270. The predicted molar refractivity (Wildman–Crippen MR) is 464 cm³/mol. The number of nitrogens with zero attached hydrogens (tertiary/aromatic N) is 12. The van der Waals surface area contributed by atoms with Gasteiger partial charge in [-0.2, -0.15) is 0 Å². The largest absolute Gasteiger partial charge is 0.462 e. The van der Waals surface area contributed by atoms with Gasteiger partial charge < -0.3 is 85.3 Å². The minimum Gasteiger partial charge on any atom is -0.462 e. The van der Waals surface area contributed by atoms with Crippen LogP contribution >= 0.6 is 0 Å². The number of hydrogen-bond acceptors (Lipinski definition) is 42. The maximum Gasteiger partial charge on any atom is 0.336 e. The second-order valence-electron chi connectivity index (χ2n) is 31.5. The van der Waals surface area contributed by atoms with E-state index in [0.717, 1.165) is 32.0 Å². The number of hydrogen-bond donors (Lipinski definition) is 0. The number of rotatable bonds is 54. The van der Waals surface area contributed by atoms with Gasteiger partial charge in [-0.25, -0.2) is 112 Å². The number of ether oxygens (including phenoxy) is 18. The lowest BCUT2D eigenvalue weighted by atomic mass is 10.3. The number of carbonyl (C=O) groups excluding carboxylic acids is 12. The first-order valence-electron chi connectivity index (χ1n) is 45.3. The standard InChI is InChI=1S/C30H45N3O15.C24H35N3O12.C18H25N3O9.C12H15N3O6/c1-7-22(34)43-16-19(46-25(37)10-4)13-31-28(40)32(14-20(47-26(38)11-5)17-44-23(35)8-2)30(42)33(29(31)41)15-21(48-27(39)12-6)18-45-24(36)9-3;1-5-18(28)36-13-16(38-20(30)7-3)10-26-22(32)25(9-15-12-35-15)23(33)27(24(26)34)11-17(39-21(31)8-4)14-37-19(29)6-2;1-3-14(22)29-10-13(30-15(23)4-2)7-21-17(25)19(5-11-8-27-11)16(24)20(18(21)26)6-12-9-28-12;16-10-13(1-7-4-19-7)11(17)15(3-9-6-21-9)12(18)14(10)2-8-5-20-8/h19-21H,7-18H2,1-6H3;15-17H,5-14H2,1-4H3;11-13H,3-10H2,1-2H3;7-9H,1-6H2. The summed E-state index contributed by atoms with van der Waals surface area (Å²) in [6, 6.07) is 0. The Labute approximate surface area is 783 Å². The molecule has 6 aliphatic rings. The summed E-state index contributed by atoms with van der Waals surface area (Å²) in [4.78, 5) is 299. The molecule has 6 aliphatic heterocycles. The van der Waals surface area contributed by atoms with E-state index in [-0.39, 0.29) is 160 Å². The van der Waals surface area contributed by atoms with Gasteiger partial charge in [0.1, 0.15) is 39.6 Å². The monoisotopic (exact) mass is 1970 g/mol. The molecule has 6 fully saturated rings. The minimum atomic E-state index is -1.36.